The first-order valence-electron chi connectivity index (χ1n) is 4.86. The van der Waals surface area contributed by atoms with Crippen LogP contribution in [-0.2, 0) is 11.2 Å². The Labute approximate surface area is 96.6 Å². The first kappa shape index (κ1) is 10.6. The zero-order valence-corrected chi connectivity index (χ0v) is 10.3. The van der Waals surface area contributed by atoms with Gasteiger partial charge in [0.15, 0.2) is 0 Å². The van der Waals surface area contributed by atoms with Gasteiger partial charge in [-0.15, -0.1) is 11.3 Å². The number of thiophene rings is 1. The molecule has 1 saturated heterocycles. The molecule has 0 amide bonds. The zero-order valence-electron chi connectivity index (χ0n) is 7.91. The van der Waals surface area contributed by atoms with E-state index in [1.807, 2.05) is 0 Å². The van der Waals surface area contributed by atoms with Crippen molar-refractivity contribution in [2.24, 2.45) is 5.73 Å². The molecule has 1 aliphatic heterocycles. The van der Waals surface area contributed by atoms with E-state index in [9.17, 15) is 0 Å². The van der Waals surface area contributed by atoms with Gasteiger partial charge in [0.05, 0.1) is 6.10 Å². The highest BCUT2D eigenvalue weighted by Gasteiger charge is 2.23. The third kappa shape index (κ3) is 2.37. The summed E-state index contributed by atoms with van der Waals surface area (Å²) in [4.78, 5) is 1.33. The van der Waals surface area contributed by atoms with Crippen molar-refractivity contribution in [3.63, 3.8) is 0 Å². The molecule has 2 N–H and O–H groups in total. The van der Waals surface area contributed by atoms with Crippen molar-refractivity contribution in [3.05, 3.63) is 20.8 Å². The summed E-state index contributed by atoms with van der Waals surface area (Å²) in [7, 11) is 0. The van der Waals surface area contributed by atoms with E-state index in [-0.39, 0.29) is 12.1 Å². The van der Waals surface area contributed by atoms with Crippen LogP contribution in [-0.4, -0.2) is 18.8 Å². The molecule has 1 fully saturated rings. The van der Waals surface area contributed by atoms with E-state index in [0.717, 1.165) is 25.9 Å². The van der Waals surface area contributed by atoms with Gasteiger partial charge in [-0.1, -0.05) is 0 Å². The van der Waals surface area contributed by atoms with Crippen molar-refractivity contribution < 1.29 is 4.74 Å². The predicted molar refractivity (Wildman–Crippen MR) is 62.7 cm³/mol. The summed E-state index contributed by atoms with van der Waals surface area (Å²) in [5.74, 6) is 0. The minimum absolute atomic E-state index is 0.146. The van der Waals surface area contributed by atoms with Crippen LogP contribution in [0.15, 0.2) is 15.9 Å². The summed E-state index contributed by atoms with van der Waals surface area (Å²) in [5.41, 5.74) is 6.10. The molecule has 2 unspecified atom stereocenters. The molecule has 1 aromatic heterocycles. The summed E-state index contributed by atoms with van der Waals surface area (Å²) < 4.78 is 6.74. The molecular formula is C10H14BrNOS. The molecule has 2 nitrogen and oxygen atoms in total. The molecule has 0 spiro atoms. The predicted octanol–water partition coefficient (Wildman–Crippen LogP) is 2.56. The van der Waals surface area contributed by atoms with Crippen LogP contribution in [0.1, 0.15) is 17.7 Å². The van der Waals surface area contributed by atoms with Crippen molar-refractivity contribution in [2.75, 3.05) is 6.61 Å². The SMILES string of the molecule is NC(Cc1sccc1Br)C1CCCO1. The second-order valence-corrected chi connectivity index (χ2v) is 5.47. The Balaban J connectivity index is 1.93. The number of nitrogens with two attached hydrogens (primary N) is 1. The van der Waals surface area contributed by atoms with Crippen molar-refractivity contribution in [3.8, 4) is 0 Å². The molecule has 0 radical (unpaired) electrons. The lowest BCUT2D eigenvalue weighted by molar-refractivity contribution is 0.0902. The van der Waals surface area contributed by atoms with Crippen LogP contribution in [0.25, 0.3) is 0 Å². The van der Waals surface area contributed by atoms with Crippen molar-refractivity contribution in [2.45, 2.75) is 31.4 Å². The lowest BCUT2D eigenvalue weighted by Crippen LogP contribution is -2.35. The number of rotatable bonds is 3. The summed E-state index contributed by atoms with van der Waals surface area (Å²) in [6, 6.07) is 2.22. The highest BCUT2D eigenvalue weighted by Crippen LogP contribution is 2.26. The van der Waals surface area contributed by atoms with Crippen LogP contribution in [0.5, 0.6) is 0 Å². The quantitative estimate of drug-likeness (QED) is 0.920. The molecule has 4 heteroatoms. The summed E-state index contributed by atoms with van der Waals surface area (Å²) in [6.45, 7) is 0.879. The molecule has 1 aliphatic rings. The van der Waals surface area contributed by atoms with E-state index in [2.05, 4.69) is 27.4 Å². The summed E-state index contributed by atoms with van der Waals surface area (Å²) in [5, 5.41) is 2.08. The Morgan fingerprint density at radius 2 is 2.57 bits per heavy atom. The van der Waals surface area contributed by atoms with Gasteiger partial charge >= 0.3 is 0 Å². The van der Waals surface area contributed by atoms with Crippen molar-refractivity contribution >= 4 is 27.3 Å². The molecule has 2 atom stereocenters. The number of halogens is 1. The van der Waals surface area contributed by atoms with Crippen LogP contribution in [0.4, 0.5) is 0 Å². The van der Waals surface area contributed by atoms with Crippen LogP contribution in [0.3, 0.4) is 0 Å². The highest BCUT2D eigenvalue weighted by atomic mass is 79.9. The largest absolute Gasteiger partial charge is 0.377 e. The van der Waals surface area contributed by atoms with Crippen LogP contribution in [0.2, 0.25) is 0 Å². The third-order valence-electron chi connectivity index (χ3n) is 2.55. The zero-order chi connectivity index (χ0) is 9.97. The van der Waals surface area contributed by atoms with Gasteiger partial charge in [-0.05, 0) is 40.2 Å². The normalized spacial score (nSPS) is 24.0. The minimum atomic E-state index is 0.146. The van der Waals surface area contributed by atoms with E-state index in [4.69, 9.17) is 10.5 Å². The van der Waals surface area contributed by atoms with Crippen LogP contribution < -0.4 is 5.73 Å². The Kier molecular flexibility index (Phi) is 3.60. The molecule has 2 heterocycles. The maximum atomic E-state index is 6.10. The van der Waals surface area contributed by atoms with Crippen LogP contribution in [0, 0.1) is 0 Å². The Morgan fingerprint density at radius 1 is 1.71 bits per heavy atom. The smallest absolute Gasteiger partial charge is 0.0730 e. The molecular weight excluding hydrogens is 262 g/mol. The summed E-state index contributed by atoms with van der Waals surface area (Å²) >= 11 is 5.27. The van der Waals surface area contributed by atoms with Gasteiger partial charge in [0.25, 0.3) is 0 Å². The molecule has 78 valence electrons. The average Bonchev–Trinajstić information content (AvgIpc) is 2.77. The first-order valence-corrected chi connectivity index (χ1v) is 6.53. The number of ether oxygens (including phenoxy) is 1. The van der Waals surface area contributed by atoms with Crippen molar-refractivity contribution in [1.82, 2.24) is 0 Å². The van der Waals surface area contributed by atoms with Gasteiger partial charge < -0.3 is 10.5 Å². The third-order valence-corrected chi connectivity index (χ3v) is 4.50. The number of hydrogen-bond acceptors (Lipinski definition) is 3. The number of hydrogen-bond donors (Lipinski definition) is 1. The standard InChI is InChI=1S/C10H14BrNOS/c11-7-3-5-14-10(7)6-8(12)9-2-1-4-13-9/h3,5,8-9H,1-2,4,6,12H2. The molecule has 0 aliphatic carbocycles. The van der Waals surface area contributed by atoms with E-state index < -0.39 is 0 Å². The molecule has 0 aromatic carbocycles. The minimum Gasteiger partial charge on any atom is -0.377 e. The fraction of sp³-hybridized carbons (Fsp3) is 0.600. The van der Waals surface area contributed by atoms with E-state index in [0.29, 0.717) is 0 Å². The van der Waals surface area contributed by atoms with Gasteiger partial charge in [0.2, 0.25) is 0 Å². The molecule has 1 aromatic rings. The van der Waals surface area contributed by atoms with E-state index in [1.54, 1.807) is 11.3 Å². The Hall–Kier alpha value is 0.1000. The highest BCUT2D eigenvalue weighted by molar-refractivity contribution is 9.10. The maximum absolute atomic E-state index is 6.10. The van der Waals surface area contributed by atoms with E-state index >= 15 is 0 Å². The van der Waals surface area contributed by atoms with Gasteiger partial charge in [0.1, 0.15) is 0 Å². The van der Waals surface area contributed by atoms with Gasteiger partial charge in [-0.2, -0.15) is 0 Å². The van der Waals surface area contributed by atoms with Gasteiger partial charge in [-0.25, -0.2) is 0 Å². The monoisotopic (exact) mass is 275 g/mol. The van der Waals surface area contributed by atoms with E-state index in [1.165, 1.54) is 9.35 Å². The van der Waals surface area contributed by atoms with Crippen LogP contribution >= 0.6 is 27.3 Å². The molecule has 0 bridgehead atoms. The lowest BCUT2D eigenvalue weighted by atomic mass is 10.1. The Morgan fingerprint density at radius 3 is 3.14 bits per heavy atom. The van der Waals surface area contributed by atoms with Gasteiger partial charge in [0, 0.05) is 28.4 Å². The topological polar surface area (TPSA) is 35.2 Å². The second kappa shape index (κ2) is 4.75. The molecule has 2 rings (SSSR count). The average molecular weight is 276 g/mol. The molecule has 14 heavy (non-hydrogen) atoms. The molecule has 0 saturated carbocycles. The Bertz CT molecular complexity index is 296. The lowest BCUT2D eigenvalue weighted by Gasteiger charge is -2.17. The first-order chi connectivity index (χ1) is 6.77. The van der Waals surface area contributed by atoms with Gasteiger partial charge in [-0.3, -0.25) is 0 Å². The maximum Gasteiger partial charge on any atom is 0.0730 e. The fourth-order valence-corrected chi connectivity index (χ4v) is 3.34. The van der Waals surface area contributed by atoms with Crippen molar-refractivity contribution in [1.29, 1.82) is 0 Å². The summed E-state index contributed by atoms with van der Waals surface area (Å²) in [6.07, 6.45) is 3.46. The second-order valence-electron chi connectivity index (χ2n) is 3.61. The fourth-order valence-electron chi connectivity index (χ4n) is 1.76.